The van der Waals surface area contributed by atoms with E-state index in [-0.39, 0.29) is 12.6 Å². The van der Waals surface area contributed by atoms with Crippen LogP contribution in [0.4, 0.5) is 0 Å². The lowest BCUT2D eigenvalue weighted by Gasteiger charge is -2.26. The second-order valence-electron chi connectivity index (χ2n) is 5.11. The van der Waals surface area contributed by atoms with Crippen molar-refractivity contribution < 1.29 is 14.3 Å². The van der Waals surface area contributed by atoms with Crippen molar-refractivity contribution in [1.82, 2.24) is 20.2 Å². The lowest BCUT2D eigenvalue weighted by molar-refractivity contribution is 0.0124. The van der Waals surface area contributed by atoms with E-state index in [0.717, 1.165) is 0 Å². The van der Waals surface area contributed by atoms with Gasteiger partial charge in [-0.3, -0.25) is 10.2 Å². The number of benzene rings is 1. The third kappa shape index (κ3) is 4.18. The zero-order chi connectivity index (χ0) is 16.9. The van der Waals surface area contributed by atoms with Gasteiger partial charge in [0.15, 0.2) is 18.2 Å². The van der Waals surface area contributed by atoms with Gasteiger partial charge in [0.2, 0.25) is 0 Å². The standard InChI is InChI=1S/C15H16Cl2N4O3/c16-11-2-1-3-12(17)14(11)24-10-21-5-4-13(18-21)15(22)19-20-6-8-23-9-7-20/h1-5H,6-10H2,(H,19,22). The van der Waals surface area contributed by atoms with E-state index in [9.17, 15) is 4.79 Å². The van der Waals surface area contributed by atoms with E-state index < -0.39 is 0 Å². The van der Waals surface area contributed by atoms with Crippen molar-refractivity contribution in [3.8, 4) is 5.75 Å². The first kappa shape index (κ1) is 17.0. The molecule has 1 aliphatic heterocycles. The fourth-order valence-corrected chi connectivity index (χ4v) is 2.69. The molecular weight excluding hydrogens is 355 g/mol. The monoisotopic (exact) mass is 370 g/mol. The van der Waals surface area contributed by atoms with Crippen LogP contribution in [-0.2, 0) is 11.5 Å². The van der Waals surface area contributed by atoms with Crippen LogP contribution in [0.2, 0.25) is 10.0 Å². The van der Waals surface area contributed by atoms with Crippen molar-refractivity contribution in [1.29, 1.82) is 0 Å². The quantitative estimate of drug-likeness (QED) is 0.873. The van der Waals surface area contributed by atoms with Crippen molar-refractivity contribution in [2.75, 3.05) is 26.3 Å². The number of aromatic nitrogens is 2. The minimum Gasteiger partial charge on any atom is -0.468 e. The average Bonchev–Trinajstić information content (AvgIpc) is 3.04. The lowest BCUT2D eigenvalue weighted by Crippen LogP contribution is -2.48. The Morgan fingerprint density at radius 3 is 2.67 bits per heavy atom. The van der Waals surface area contributed by atoms with Gasteiger partial charge >= 0.3 is 0 Å². The van der Waals surface area contributed by atoms with Gasteiger partial charge in [-0.1, -0.05) is 29.3 Å². The second-order valence-corrected chi connectivity index (χ2v) is 5.92. The molecule has 1 saturated heterocycles. The van der Waals surface area contributed by atoms with Crippen molar-refractivity contribution >= 4 is 29.1 Å². The van der Waals surface area contributed by atoms with Crippen LogP contribution >= 0.6 is 23.2 Å². The number of morpholine rings is 1. The fraction of sp³-hybridized carbons (Fsp3) is 0.333. The SMILES string of the molecule is O=C(NN1CCOCC1)c1ccn(COc2c(Cl)cccc2Cl)n1. The molecule has 0 saturated carbocycles. The highest BCUT2D eigenvalue weighted by atomic mass is 35.5. The number of halogens is 2. The van der Waals surface area contributed by atoms with Crippen LogP contribution in [-0.4, -0.2) is 47.0 Å². The maximum Gasteiger partial charge on any atom is 0.286 e. The van der Waals surface area contributed by atoms with E-state index in [0.29, 0.717) is 47.8 Å². The molecule has 3 rings (SSSR count). The zero-order valence-electron chi connectivity index (χ0n) is 12.7. The maximum absolute atomic E-state index is 12.2. The Labute approximate surface area is 149 Å². The number of carbonyl (C=O) groups excluding carboxylic acids is 1. The Balaban J connectivity index is 1.58. The molecule has 1 amide bonds. The smallest absolute Gasteiger partial charge is 0.286 e. The van der Waals surface area contributed by atoms with E-state index in [4.69, 9.17) is 32.7 Å². The highest BCUT2D eigenvalue weighted by Gasteiger charge is 2.16. The van der Waals surface area contributed by atoms with Crippen molar-refractivity contribution in [3.63, 3.8) is 0 Å². The number of hydrogen-bond donors (Lipinski definition) is 1. The second kappa shape index (κ2) is 7.85. The predicted molar refractivity (Wildman–Crippen MR) is 89.2 cm³/mol. The minimum atomic E-state index is -0.272. The largest absolute Gasteiger partial charge is 0.468 e. The first-order chi connectivity index (χ1) is 11.6. The molecule has 2 aromatic rings. The molecule has 2 heterocycles. The predicted octanol–water partition coefficient (Wildman–Crippen LogP) is 2.20. The molecule has 24 heavy (non-hydrogen) atoms. The number of nitrogens with one attached hydrogen (secondary N) is 1. The number of hydrazine groups is 1. The van der Waals surface area contributed by atoms with Crippen LogP contribution in [0.5, 0.6) is 5.75 Å². The summed E-state index contributed by atoms with van der Waals surface area (Å²) in [7, 11) is 0. The molecule has 0 radical (unpaired) electrons. The van der Waals surface area contributed by atoms with Gasteiger partial charge in [-0.2, -0.15) is 5.10 Å². The molecule has 0 spiro atoms. The lowest BCUT2D eigenvalue weighted by atomic mass is 10.3. The summed E-state index contributed by atoms with van der Waals surface area (Å²) >= 11 is 12.1. The van der Waals surface area contributed by atoms with Crippen LogP contribution in [0.15, 0.2) is 30.5 Å². The summed E-state index contributed by atoms with van der Waals surface area (Å²) in [4.78, 5) is 12.2. The van der Waals surface area contributed by atoms with E-state index in [2.05, 4.69) is 10.5 Å². The molecule has 0 bridgehead atoms. The Bertz CT molecular complexity index is 696. The van der Waals surface area contributed by atoms with Gasteiger partial charge in [0.1, 0.15) is 0 Å². The molecule has 128 valence electrons. The van der Waals surface area contributed by atoms with Crippen LogP contribution in [0.25, 0.3) is 0 Å². The Kier molecular flexibility index (Phi) is 5.57. The maximum atomic E-state index is 12.2. The number of rotatable bonds is 5. The molecule has 7 nitrogen and oxygen atoms in total. The van der Waals surface area contributed by atoms with Gasteiger partial charge in [0.05, 0.1) is 23.3 Å². The molecule has 1 N–H and O–H groups in total. The fourth-order valence-electron chi connectivity index (χ4n) is 2.18. The van der Waals surface area contributed by atoms with Crippen molar-refractivity contribution in [2.45, 2.75) is 6.73 Å². The Hall–Kier alpha value is -1.80. The molecule has 1 aromatic heterocycles. The molecular formula is C15H16Cl2N4O3. The van der Waals surface area contributed by atoms with Crippen LogP contribution in [0.1, 0.15) is 10.5 Å². The summed E-state index contributed by atoms with van der Waals surface area (Å²) in [6.07, 6.45) is 1.65. The summed E-state index contributed by atoms with van der Waals surface area (Å²) in [5.74, 6) is 0.113. The van der Waals surface area contributed by atoms with Gasteiger partial charge < -0.3 is 9.47 Å². The van der Waals surface area contributed by atoms with Gasteiger partial charge in [-0.15, -0.1) is 0 Å². The summed E-state index contributed by atoms with van der Waals surface area (Å²) in [6, 6.07) is 6.73. The van der Waals surface area contributed by atoms with Crippen LogP contribution < -0.4 is 10.2 Å². The van der Waals surface area contributed by atoms with Gasteiger partial charge in [0.25, 0.3) is 5.91 Å². The third-order valence-corrected chi connectivity index (χ3v) is 4.00. The first-order valence-electron chi connectivity index (χ1n) is 7.37. The normalized spacial score (nSPS) is 15.2. The molecule has 1 fully saturated rings. The first-order valence-corrected chi connectivity index (χ1v) is 8.13. The van der Waals surface area contributed by atoms with E-state index >= 15 is 0 Å². The minimum absolute atomic E-state index is 0.0916. The molecule has 1 aromatic carbocycles. The highest BCUT2D eigenvalue weighted by molar-refractivity contribution is 6.37. The third-order valence-electron chi connectivity index (χ3n) is 3.40. The Morgan fingerprint density at radius 1 is 1.25 bits per heavy atom. The number of ether oxygens (including phenoxy) is 2. The summed E-state index contributed by atoms with van der Waals surface area (Å²) in [6.45, 7) is 2.59. The molecule has 0 unspecified atom stereocenters. The van der Waals surface area contributed by atoms with Crippen molar-refractivity contribution in [3.05, 3.63) is 46.2 Å². The number of amides is 1. The number of nitrogens with zero attached hydrogens (tertiary/aromatic N) is 3. The molecule has 1 aliphatic rings. The number of carbonyl (C=O) groups is 1. The van der Waals surface area contributed by atoms with E-state index in [1.165, 1.54) is 4.68 Å². The number of para-hydroxylation sites is 1. The molecule has 0 aliphatic carbocycles. The van der Waals surface area contributed by atoms with Gasteiger partial charge in [-0.05, 0) is 18.2 Å². The summed E-state index contributed by atoms with van der Waals surface area (Å²) in [5.41, 5.74) is 3.10. The zero-order valence-corrected chi connectivity index (χ0v) is 14.3. The summed E-state index contributed by atoms with van der Waals surface area (Å²) < 4.78 is 12.3. The van der Waals surface area contributed by atoms with Gasteiger partial charge in [0, 0.05) is 19.3 Å². The van der Waals surface area contributed by atoms with Crippen LogP contribution in [0, 0.1) is 0 Å². The topological polar surface area (TPSA) is 68.6 Å². The average molecular weight is 371 g/mol. The molecule has 9 heteroatoms. The summed E-state index contributed by atoms with van der Waals surface area (Å²) in [5, 5.41) is 6.83. The molecule has 0 atom stereocenters. The van der Waals surface area contributed by atoms with Crippen molar-refractivity contribution in [2.24, 2.45) is 0 Å². The van der Waals surface area contributed by atoms with Crippen LogP contribution in [0.3, 0.4) is 0 Å². The Morgan fingerprint density at radius 2 is 1.96 bits per heavy atom. The van der Waals surface area contributed by atoms with E-state index in [1.807, 2.05) is 5.01 Å². The highest BCUT2D eigenvalue weighted by Crippen LogP contribution is 2.32. The van der Waals surface area contributed by atoms with Gasteiger partial charge in [-0.25, -0.2) is 9.69 Å². The number of hydrogen-bond acceptors (Lipinski definition) is 5. The van der Waals surface area contributed by atoms with E-state index in [1.54, 1.807) is 30.5 Å².